The van der Waals surface area contributed by atoms with Gasteiger partial charge in [0.15, 0.2) is 6.17 Å². The third-order valence-electron chi connectivity index (χ3n) is 6.62. The molecule has 0 aromatic heterocycles. The molecule has 5 unspecified atom stereocenters. The van der Waals surface area contributed by atoms with Crippen molar-refractivity contribution < 1.29 is 39.0 Å². The molecule has 2 spiro atoms. The van der Waals surface area contributed by atoms with E-state index in [0.29, 0.717) is 31.4 Å². The Hall–Kier alpha value is -2.33. The second-order valence-corrected chi connectivity index (χ2v) is 7.81. The smallest absolute Gasteiger partial charge is 0.378 e. The van der Waals surface area contributed by atoms with Gasteiger partial charge in [-0.05, 0) is 24.5 Å². The van der Waals surface area contributed by atoms with Crippen molar-refractivity contribution >= 4 is 17.8 Å². The molecule has 1 amide bonds. The molecule has 9 nitrogen and oxygen atoms in total. The highest BCUT2D eigenvalue weighted by Crippen LogP contribution is 2.62. The molecule has 1 aliphatic carbocycles. The molecule has 1 aromatic carbocycles. The number of aliphatic hydroxyl groups excluding tert-OH is 1. The Balaban J connectivity index is 1.45. The van der Waals surface area contributed by atoms with Gasteiger partial charge in [0.05, 0.1) is 31.2 Å². The largest absolute Gasteiger partial charge is 0.481 e. The molecule has 4 rings (SSSR count). The SMILES string of the molecule is O=C(O)c1ccccc1CONC1CC[N+]12C(=O)C21CCC(O)CC1C(=O)O. The first-order chi connectivity index (χ1) is 13.3. The number of hydrogen-bond donors (Lipinski definition) is 4. The van der Waals surface area contributed by atoms with Gasteiger partial charge < -0.3 is 15.3 Å². The molecule has 9 heteroatoms. The Morgan fingerprint density at radius 2 is 2.00 bits per heavy atom. The molecular formula is C19H23N2O7+. The van der Waals surface area contributed by atoms with E-state index in [0.717, 1.165) is 0 Å². The number of nitrogens with zero attached hydrogens (tertiary/aromatic N) is 1. The van der Waals surface area contributed by atoms with Gasteiger partial charge in [0.1, 0.15) is 5.92 Å². The number of carboxylic acids is 2. The number of carbonyl (C=O) groups is 3. The van der Waals surface area contributed by atoms with Crippen LogP contribution in [0, 0.1) is 5.92 Å². The normalized spacial score (nSPS) is 36.3. The van der Waals surface area contributed by atoms with E-state index in [1.54, 1.807) is 18.2 Å². The van der Waals surface area contributed by atoms with Gasteiger partial charge in [0, 0.05) is 6.42 Å². The minimum Gasteiger partial charge on any atom is -0.481 e. The number of carboxylic acid groups (broad SMARTS) is 2. The number of aliphatic carboxylic acids is 1. The van der Waals surface area contributed by atoms with Crippen LogP contribution in [0.3, 0.4) is 0 Å². The van der Waals surface area contributed by atoms with Crippen LogP contribution in [0.1, 0.15) is 41.6 Å². The minimum absolute atomic E-state index is 0.0151. The quantitative estimate of drug-likeness (QED) is 0.313. The summed E-state index contributed by atoms with van der Waals surface area (Å²) >= 11 is 0. The summed E-state index contributed by atoms with van der Waals surface area (Å²) in [5.41, 5.74) is 2.53. The highest BCUT2D eigenvalue weighted by Gasteiger charge is 2.90. The maximum Gasteiger partial charge on any atom is 0.378 e. The minimum atomic E-state index is -1.05. The standard InChI is InChI=1S/C19H22N2O7/c22-12-5-7-19(14(9-12)17(25)26)18(27)21(19)8-6-15(21)20-28-10-11-3-1-2-4-13(11)16(23)24/h1-4,12,14-15,20,22H,5-10H2,(H-,23,24,25,26)/p+1. The molecule has 150 valence electrons. The maximum atomic E-state index is 12.9. The van der Waals surface area contributed by atoms with E-state index < -0.39 is 29.5 Å². The zero-order valence-corrected chi connectivity index (χ0v) is 15.2. The summed E-state index contributed by atoms with van der Waals surface area (Å²) in [5, 5.41) is 28.7. The fourth-order valence-corrected chi connectivity index (χ4v) is 5.10. The first kappa shape index (κ1) is 19.0. The van der Waals surface area contributed by atoms with Gasteiger partial charge in [-0.15, -0.1) is 5.48 Å². The Labute approximate surface area is 161 Å². The molecule has 2 aliphatic heterocycles. The summed E-state index contributed by atoms with van der Waals surface area (Å²) in [5.74, 6) is -3.10. The van der Waals surface area contributed by atoms with Gasteiger partial charge in [-0.1, -0.05) is 18.2 Å². The Morgan fingerprint density at radius 3 is 2.64 bits per heavy atom. The highest BCUT2D eigenvalue weighted by atomic mass is 16.6. The van der Waals surface area contributed by atoms with Crippen LogP contribution in [0.2, 0.25) is 0 Å². The number of nitrogens with one attached hydrogen (secondary N) is 1. The summed E-state index contributed by atoms with van der Waals surface area (Å²) in [6.07, 6.45) is 0.445. The number of aliphatic hydroxyl groups is 1. The van der Waals surface area contributed by atoms with Crippen molar-refractivity contribution in [3.05, 3.63) is 35.4 Å². The van der Waals surface area contributed by atoms with Crippen LogP contribution in [-0.2, 0) is 21.0 Å². The zero-order chi connectivity index (χ0) is 20.1. The lowest BCUT2D eigenvalue weighted by molar-refractivity contribution is -0.879. The van der Waals surface area contributed by atoms with E-state index in [1.807, 2.05) is 0 Å². The second-order valence-electron chi connectivity index (χ2n) is 7.81. The first-order valence-electron chi connectivity index (χ1n) is 9.37. The number of benzene rings is 1. The van der Waals surface area contributed by atoms with Gasteiger partial charge >= 0.3 is 17.8 Å². The van der Waals surface area contributed by atoms with E-state index in [-0.39, 0.29) is 35.1 Å². The summed E-state index contributed by atoms with van der Waals surface area (Å²) < 4.78 is 0.0390. The van der Waals surface area contributed by atoms with Crippen LogP contribution in [0.4, 0.5) is 0 Å². The van der Waals surface area contributed by atoms with Gasteiger partial charge in [0.2, 0.25) is 5.54 Å². The number of aromatic carboxylic acids is 1. The van der Waals surface area contributed by atoms with Gasteiger partial charge in [-0.2, -0.15) is 0 Å². The predicted molar refractivity (Wildman–Crippen MR) is 93.6 cm³/mol. The molecule has 1 saturated carbocycles. The average molecular weight is 391 g/mol. The van der Waals surface area contributed by atoms with Crippen molar-refractivity contribution in [2.24, 2.45) is 5.92 Å². The van der Waals surface area contributed by atoms with E-state index in [4.69, 9.17) is 4.84 Å². The van der Waals surface area contributed by atoms with E-state index in [9.17, 15) is 29.7 Å². The second kappa shape index (κ2) is 6.63. The summed E-state index contributed by atoms with van der Waals surface area (Å²) in [6, 6.07) is 6.50. The summed E-state index contributed by atoms with van der Waals surface area (Å²) in [6.45, 7) is 0.562. The van der Waals surface area contributed by atoms with E-state index in [1.165, 1.54) is 6.07 Å². The summed E-state index contributed by atoms with van der Waals surface area (Å²) in [4.78, 5) is 41.4. The molecule has 2 saturated heterocycles. The molecule has 4 N–H and O–H groups in total. The molecule has 2 heterocycles. The number of carbonyl (C=O) groups excluding carboxylic acids is 1. The Kier molecular flexibility index (Phi) is 4.50. The zero-order valence-electron chi connectivity index (χ0n) is 15.2. The molecule has 0 bridgehead atoms. The number of hydrogen-bond acceptors (Lipinski definition) is 6. The van der Waals surface area contributed by atoms with Crippen molar-refractivity contribution in [1.82, 2.24) is 5.48 Å². The van der Waals surface area contributed by atoms with Crippen LogP contribution in [0.15, 0.2) is 24.3 Å². The topological polar surface area (TPSA) is 133 Å². The number of rotatable bonds is 6. The van der Waals surface area contributed by atoms with Crippen molar-refractivity contribution in [3.63, 3.8) is 0 Å². The Morgan fingerprint density at radius 1 is 1.25 bits per heavy atom. The first-order valence-corrected chi connectivity index (χ1v) is 9.37. The van der Waals surface area contributed by atoms with Crippen LogP contribution in [0.25, 0.3) is 0 Å². The van der Waals surface area contributed by atoms with E-state index >= 15 is 0 Å². The number of fused-ring (bicyclic) bond motifs is 1. The van der Waals surface area contributed by atoms with Crippen LogP contribution >= 0.6 is 0 Å². The van der Waals surface area contributed by atoms with Gasteiger partial charge in [-0.3, -0.25) is 9.63 Å². The highest BCUT2D eigenvalue weighted by molar-refractivity contribution is 5.98. The fourth-order valence-electron chi connectivity index (χ4n) is 5.10. The van der Waals surface area contributed by atoms with Crippen LogP contribution < -0.4 is 5.48 Å². The predicted octanol–water partition coefficient (Wildman–Crippen LogP) is 0.477. The van der Waals surface area contributed by atoms with Crippen molar-refractivity contribution in [1.29, 1.82) is 0 Å². The molecule has 3 aliphatic rings. The average Bonchev–Trinajstić information content (AvgIpc) is 3.20. The third-order valence-corrected chi connectivity index (χ3v) is 6.62. The Bertz CT molecular complexity index is 843. The fraction of sp³-hybridized carbons (Fsp3) is 0.526. The summed E-state index contributed by atoms with van der Waals surface area (Å²) in [7, 11) is 0. The lowest BCUT2D eigenvalue weighted by Crippen LogP contribution is -2.64. The maximum absolute atomic E-state index is 12.9. The molecule has 1 aromatic rings. The van der Waals surface area contributed by atoms with Crippen molar-refractivity contribution in [3.8, 4) is 0 Å². The molecule has 3 fully saturated rings. The van der Waals surface area contributed by atoms with Crippen molar-refractivity contribution in [2.75, 3.05) is 6.54 Å². The van der Waals surface area contributed by atoms with Gasteiger partial charge in [-0.25, -0.2) is 14.1 Å². The van der Waals surface area contributed by atoms with Gasteiger partial charge in [0.25, 0.3) is 0 Å². The molecular weight excluding hydrogens is 368 g/mol. The molecule has 0 radical (unpaired) electrons. The third kappa shape index (κ3) is 2.51. The van der Waals surface area contributed by atoms with E-state index in [2.05, 4.69) is 5.48 Å². The monoisotopic (exact) mass is 391 g/mol. The number of amides is 1. The van der Waals surface area contributed by atoms with Crippen molar-refractivity contribution in [2.45, 2.75) is 50.1 Å². The lowest BCUT2D eigenvalue weighted by Gasteiger charge is -2.42. The number of quaternary nitrogens is 1. The van der Waals surface area contributed by atoms with Crippen LogP contribution in [-0.4, -0.2) is 62.0 Å². The lowest BCUT2D eigenvalue weighted by atomic mass is 9.76. The molecule has 28 heavy (non-hydrogen) atoms. The number of hydroxylamine groups is 1. The van der Waals surface area contributed by atoms with Crippen LogP contribution in [0.5, 0.6) is 0 Å². The molecule has 5 atom stereocenters.